The van der Waals surface area contributed by atoms with Crippen molar-refractivity contribution in [3.05, 3.63) is 107 Å². The van der Waals surface area contributed by atoms with E-state index in [0.717, 1.165) is 16.7 Å². The summed E-state index contributed by atoms with van der Waals surface area (Å²) in [5.74, 6) is -2.16. The fourth-order valence-electron chi connectivity index (χ4n) is 5.43. The molecule has 0 bridgehead atoms. The van der Waals surface area contributed by atoms with Gasteiger partial charge in [-0.3, -0.25) is 24.3 Å². The maximum atomic E-state index is 13.7. The highest BCUT2D eigenvalue weighted by Gasteiger charge is 2.65. The summed E-state index contributed by atoms with van der Waals surface area (Å²) in [6.07, 6.45) is 1.72. The van der Waals surface area contributed by atoms with Crippen LogP contribution in [-0.4, -0.2) is 39.8 Å². The van der Waals surface area contributed by atoms with Crippen LogP contribution in [-0.2, 0) is 16.1 Å². The van der Waals surface area contributed by atoms with Crippen LogP contribution in [0.15, 0.2) is 90.0 Å². The van der Waals surface area contributed by atoms with Crippen LogP contribution in [0.2, 0.25) is 0 Å². The highest BCUT2D eigenvalue weighted by molar-refractivity contribution is 6.12. The molecule has 33 heavy (non-hydrogen) atoms. The zero-order valence-electron chi connectivity index (χ0n) is 17.7. The Balaban J connectivity index is 1.45. The van der Waals surface area contributed by atoms with E-state index in [0.29, 0.717) is 5.56 Å². The molecule has 0 aliphatic carbocycles. The predicted octanol–water partition coefficient (Wildman–Crippen LogP) is 3.44. The average Bonchev–Trinajstić information content (AvgIpc) is 3.33. The first-order valence-corrected chi connectivity index (χ1v) is 11.0. The number of Topliss-reactive ketones (excluding diaryl/α,β-unsaturated/α-hetero) is 1. The minimum Gasteiger partial charge on any atom is -0.292 e. The summed E-state index contributed by atoms with van der Waals surface area (Å²) in [6.45, 7) is 0.204. The number of ketones is 1. The van der Waals surface area contributed by atoms with E-state index < -0.39 is 23.9 Å². The van der Waals surface area contributed by atoms with Gasteiger partial charge in [0, 0.05) is 5.56 Å². The number of hydrazone groups is 1. The molecule has 6 rings (SSSR count). The van der Waals surface area contributed by atoms with E-state index in [1.807, 2.05) is 60.7 Å². The van der Waals surface area contributed by atoms with Crippen LogP contribution in [0.1, 0.15) is 33.1 Å². The number of nitrogens with zero attached hydrogens (tertiary/aromatic N) is 3. The molecular formula is C27H21N3O3. The molecule has 162 valence electrons. The van der Waals surface area contributed by atoms with Crippen molar-refractivity contribution in [2.24, 2.45) is 16.9 Å². The minimum atomic E-state index is -0.829. The lowest BCUT2D eigenvalue weighted by atomic mass is 9.83. The molecule has 3 heterocycles. The molecule has 0 aromatic heterocycles. The number of fused-ring (bicyclic) bond motifs is 5. The fourth-order valence-corrected chi connectivity index (χ4v) is 5.43. The molecule has 2 saturated heterocycles. The second-order valence-electron chi connectivity index (χ2n) is 8.67. The van der Waals surface area contributed by atoms with Gasteiger partial charge in [0.2, 0.25) is 11.8 Å². The second-order valence-corrected chi connectivity index (χ2v) is 8.67. The fraction of sp³-hybridized carbons (Fsp3) is 0.185. The zero-order valence-corrected chi connectivity index (χ0v) is 17.7. The Labute approximate surface area is 191 Å². The standard InChI is InChI=1S/C27H21N3O3/c31-25(18-11-5-2-6-12-18)24-22-21(23-20-14-8-7-13-19(20)15-28-30(23)24)26(32)29(27(22)33)16-17-9-3-1-4-10-17/h1-15,21-24H,16H2/t21-,22+,23-,24-/m1/s1. The number of rotatable bonds is 4. The summed E-state index contributed by atoms with van der Waals surface area (Å²) in [4.78, 5) is 42.4. The molecule has 0 spiro atoms. The largest absolute Gasteiger partial charge is 0.292 e. The average molecular weight is 435 g/mol. The van der Waals surface area contributed by atoms with E-state index in [1.54, 1.807) is 35.5 Å². The quantitative estimate of drug-likeness (QED) is 0.465. The van der Waals surface area contributed by atoms with Gasteiger partial charge in [0.25, 0.3) is 0 Å². The van der Waals surface area contributed by atoms with Crippen LogP contribution in [0.25, 0.3) is 0 Å². The first-order valence-electron chi connectivity index (χ1n) is 11.0. The molecule has 0 radical (unpaired) electrons. The minimum absolute atomic E-state index is 0.188. The van der Waals surface area contributed by atoms with Gasteiger partial charge in [0.05, 0.1) is 30.6 Å². The summed E-state index contributed by atoms with van der Waals surface area (Å²) in [5.41, 5.74) is 3.22. The third-order valence-corrected chi connectivity index (χ3v) is 6.89. The first kappa shape index (κ1) is 19.6. The van der Waals surface area contributed by atoms with Gasteiger partial charge in [-0.1, -0.05) is 84.9 Å². The summed E-state index contributed by atoms with van der Waals surface area (Å²) in [7, 11) is 0. The lowest BCUT2D eigenvalue weighted by Crippen LogP contribution is -2.44. The predicted molar refractivity (Wildman–Crippen MR) is 122 cm³/mol. The molecule has 2 fully saturated rings. The molecular weight excluding hydrogens is 414 g/mol. The maximum absolute atomic E-state index is 13.7. The number of imide groups is 1. The third-order valence-electron chi connectivity index (χ3n) is 6.89. The maximum Gasteiger partial charge on any atom is 0.236 e. The number of likely N-dealkylation sites (tertiary alicyclic amines) is 1. The molecule has 2 amide bonds. The number of amides is 2. The van der Waals surface area contributed by atoms with Crippen LogP contribution in [0.3, 0.4) is 0 Å². The Morgan fingerprint density at radius 3 is 2.18 bits per heavy atom. The Morgan fingerprint density at radius 2 is 1.42 bits per heavy atom. The highest BCUT2D eigenvalue weighted by atomic mass is 16.2. The molecule has 0 unspecified atom stereocenters. The molecule has 3 aliphatic heterocycles. The van der Waals surface area contributed by atoms with E-state index >= 15 is 0 Å². The van der Waals surface area contributed by atoms with Gasteiger partial charge in [-0.05, 0) is 16.7 Å². The van der Waals surface area contributed by atoms with Gasteiger partial charge in [0.15, 0.2) is 5.78 Å². The van der Waals surface area contributed by atoms with Gasteiger partial charge in [0.1, 0.15) is 6.04 Å². The SMILES string of the molecule is O=C(c1ccccc1)[C@H]1[C@H]2C(=O)N(Cc3ccccc3)C(=O)[C@H]2[C@H]2c3ccccc3C=NN21. The molecule has 3 aromatic carbocycles. The van der Waals surface area contributed by atoms with E-state index in [1.165, 1.54) is 4.90 Å². The molecule has 0 saturated carbocycles. The molecule has 3 aliphatic rings. The van der Waals surface area contributed by atoms with Gasteiger partial charge in [-0.25, -0.2) is 0 Å². The van der Waals surface area contributed by atoms with Crippen molar-refractivity contribution in [2.75, 3.05) is 0 Å². The summed E-state index contributed by atoms with van der Waals surface area (Å²) >= 11 is 0. The number of hydrogen-bond donors (Lipinski definition) is 0. The van der Waals surface area contributed by atoms with Crippen LogP contribution in [0.5, 0.6) is 0 Å². The number of carbonyl (C=O) groups is 3. The van der Waals surface area contributed by atoms with Gasteiger partial charge in [-0.15, -0.1) is 0 Å². The Kier molecular flexibility index (Phi) is 4.47. The summed E-state index contributed by atoms with van der Waals surface area (Å²) < 4.78 is 0. The van der Waals surface area contributed by atoms with Crippen molar-refractivity contribution < 1.29 is 14.4 Å². The molecule has 6 heteroatoms. The van der Waals surface area contributed by atoms with Crippen LogP contribution < -0.4 is 0 Å². The summed E-state index contributed by atoms with van der Waals surface area (Å²) in [5, 5.41) is 6.28. The van der Waals surface area contributed by atoms with Crippen LogP contribution >= 0.6 is 0 Å². The third kappa shape index (κ3) is 2.94. The monoisotopic (exact) mass is 435 g/mol. The van der Waals surface area contributed by atoms with E-state index in [4.69, 9.17) is 0 Å². The second kappa shape index (κ2) is 7.52. The highest BCUT2D eigenvalue weighted by Crippen LogP contribution is 2.52. The lowest BCUT2D eigenvalue weighted by molar-refractivity contribution is -0.142. The Hall–Kier alpha value is -4.06. The van der Waals surface area contributed by atoms with Crippen molar-refractivity contribution in [1.29, 1.82) is 0 Å². The topological polar surface area (TPSA) is 70.0 Å². The van der Waals surface area contributed by atoms with E-state index in [-0.39, 0.29) is 24.1 Å². The summed E-state index contributed by atoms with van der Waals surface area (Å²) in [6, 6.07) is 24.9. The number of carbonyl (C=O) groups excluding carboxylic acids is 3. The van der Waals surface area contributed by atoms with E-state index in [2.05, 4.69) is 5.10 Å². The number of hydrogen-bond acceptors (Lipinski definition) is 5. The van der Waals surface area contributed by atoms with Crippen molar-refractivity contribution in [3.8, 4) is 0 Å². The first-order chi connectivity index (χ1) is 16.1. The van der Waals surface area contributed by atoms with Crippen molar-refractivity contribution >= 4 is 23.8 Å². The molecule has 0 N–H and O–H groups in total. The Morgan fingerprint density at radius 1 is 0.788 bits per heavy atom. The van der Waals surface area contributed by atoms with Crippen molar-refractivity contribution in [3.63, 3.8) is 0 Å². The van der Waals surface area contributed by atoms with Crippen LogP contribution in [0.4, 0.5) is 0 Å². The van der Waals surface area contributed by atoms with Gasteiger partial charge in [-0.2, -0.15) is 5.10 Å². The van der Waals surface area contributed by atoms with Gasteiger partial charge >= 0.3 is 0 Å². The normalized spacial score (nSPS) is 25.1. The smallest absolute Gasteiger partial charge is 0.236 e. The van der Waals surface area contributed by atoms with E-state index in [9.17, 15) is 14.4 Å². The number of benzene rings is 3. The Bertz CT molecular complexity index is 1290. The molecule has 4 atom stereocenters. The van der Waals surface area contributed by atoms with Crippen molar-refractivity contribution in [1.82, 2.24) is 9.91 Å². The zero-order chi connectivity index (χ0) is 22.5. The molecule has 3 aromatic rings. The van der Waals surface area contributed by atoms with Crippen LogP contribution in [0, 0.1) is 11.8 Å². The van der Waals surface area contributed by atoms with Crippen molar-refractivity contribution in [2.45, 2.75) is 18.6 Å². The molecule has 6 nitrogen and oxygen atoms in total. The van der Waals surface area contributed by atoms with Gasteiger partial charge < -0.3 is 0 Å². The lowest BCUT2D eigenvalue weighted by Gasteiger charge is -2.33.